The average Bonchev–Trinajstić information content (AvgIpc) is 2.69. The van der Waals surface area contributed by atoms with E-state index in [4.69, 9.17) is 14.2 Å². The number of hydrogen-bond donors (Lipinski definition) is 1. The maximum atomic E-state index is 12.7. The van der Waals surface area contributed by atoms with Crippen molar-refractivity contribution in [2.45, 2.75) is 58.7 Å². The van der Waals surface area contributed by atoms with E-state index < -0.39 is 29.8 Å². The summed E-state index contributed by atoms with van der Waals surface area (Å²) in [6.45, 7) is 7.57. The minimum atomic E-state index is -0.999. The van der Waals surface area contributed by atoms with Crippen molar-refractivity contribution in [1.82, 2.24) is 5.32 Å². The van der Waals surface area contributed by atoms with Crippen LogP contribution in [0.5, 0.6) is 0 Å². The number of rotatable bonds is 8. The first kappa shape index (κ1) is 22.4. The lowest BCUT2D eigenvalue weighted by Gasteiger charge is -2.30. The first-order valence-corrected chi connectivity index (χ1v) is 9.60. The normalized spacial score (nSPS) is 13.2. The van der Waals surface area contributed by atoms with E-state index in [0.29, 0.717) is 0 Å². The van der Waals surface area contributed by atoms with E-state index in [9.17, 15) is 9.59 Å². The highest BCUT2D eigenvalue weighted by Crippen LogP contribution is 2.15. The van der Waals surface area contributed by atoms with E-state index in [-0.39, 0.29) is 13.2 Å². The molecule has 156 valence electrons. The van der Waals surface area contributed by atoms with Gasteiger partial charge in [0.05, 0.1) is 11.7 Å². The van der Waals surface area contributed by atoms with Crippen molar-refractivity contribution in [3.63, 3.8) is 0 Å². The van der Waals surface area contributed by atoms with Crippen molar-refractivity contribution in [1.29, 1.82) is 0 Å². The van der Waals surface area contributed by atoms with Gasteiger partial charge in [0.2, 0.25) is 0 Å². The van der Waals surface area contributed by atoms with Crippen molar-refractivity contribution in [2.75, 3.05) is 0 Å². The average molecular weight is 399 g/mol. The number of hydrogen-bond acceptors (Lipinski definition) is 5. The monoisotopic (exact) mass is 399 g/mol. The minimum absolute atomic E-state index is 0.104. The zero-order valence-corrected chi connectivity index (χ0v) is 17.4. The van der Waals surface area contributed by atoms with Gasteiger partial charge >= 0.3 is 12.1 Å². The molecule has 0 saturated carbocycles. The van der Waals surface area contributed by atoms with Gasteiger partial charge in [-0.2, -0.15) is 0 Å². The van der Waals surface area contributed by atoms with Crippen LogP contribution in [0, 0.1) is 0 Å². The van der Waals surface area contributed by atoms with Crippen molar-refractivity contribution < 1.29 is 23.8 Å². The molecule has 6 nitrogen and oxygen atoms in total. The van der Waals surface area contributed by atoms with Crippen LogP contribution in [0.4, 0.5) is 4.79 Å². The highest BCUT2D eigenvalue weighted by Gasteiger charge is 2.32. The molecule has 0 aromatic heterocycles. The summed E-state index contributed by atoms with van der Waals surface area (Å²) in [6, 6.07) is 17.6. The summed E-state index contributed by atoms with van der Waals surface area (Å²) in [5, 5.41) is 2.58. The quantitative estimate of drug-likeness (QED) is 0.673. The fourth-order valence-electron chi connectivity index (χ4n) is 2.70. The van der Waals surface area contributed by atoms with Gasteiger partial charge < -0.3 is 19.5 Å². The molecule has 0 unspecified atom stereocenters. The summed E-state index contributed by atoms with van der Waals surface area (Å²) in [4.78, 5) is 25.0. The summed E-state index contributed by atoms with van der Waals surface area (Å²) < 4.78 is 16.5. The van der Waals surface area contributed by atoms with E-state index in [1.807, 2.05) is 81.4 Å². The van der Waals surface area contributed by atoms with Crippen molar-refractivity contribution in [2.24, 2.45) is 0 Å². The third-order valence-electron chi connectivity index (χ3n) is 3.97. The third-order valence-corrected chi connectivity index (χ3v) is 3.97. The molecule has 0 bridgehead atoms. The highest BCUT2D eigenvalue weighted by molar-refractivity contribution is 5.82. The fraction of sp³-hybridized carbons (Fsp3) is 0.391. The number of carbonyl (C=O) groups is 2. The molecule has 0 aliphatic heterocycles. The Morgan fingerprint density at radius 1 is 0.862 bits per heavy atom. The lowest BCUT2D eigenvalue weighted by Crippen LogP contribution is -2.51. The predicted octanol–water partition coefficient (Wildman–Crippen LogP) is 4.23. The van der Waals surface area contributed by atoms with Crippen LogP contribution in [0.1, 0.15) is 38.8 Å². The number of benzene rings is 2. The summed E-state index contributed by atoms with van der Waals surface area (Å²) in [5.41, 5.74) is 1.22. The molecule has 29 heavy (non-hydrogen) atoms. The smallest absolute Gasteiger partial charge is 0.408 e. The lowest BCUT2D eigenvalue weighted by atomic mass is 10.1. The van der Waals surface area contributed by atoms with E-state index in [0.717, 1.165) is 11.1 Å². The van der Waals surface area contributed by atoms with Crippen LogP contribution >= 0.6 is 0 Å². The van der Waals surface area contributed by atoms with Crippen LogP contribution in [0.3, 0.4) is 0 Å². The topological polar surface area (TPSA) is 73.9 Å². The molecule has 0 aliphatic rings. The Morgan fingerprint density at radius 3 is 1.83 bits per heavy atom. The molecular weight excluding hydrogens is 370 g/mol. The van der Waals surface area contributed by atoms with Gasteiger partial charge in [-0.1, -0.05) is 60.7 Å². The van der Waals surface area contributed by atoms with Gasteiger partial charge in [0, 0.05) is 0 Å². The van der Waals surface area contributed by atoms with Crippen LogP contribution in [0.15, 0.2) is 60.7 Å². The molecule has 0 saturated heterocycles. The molecule has 0 heterocycles. The molecule has 6 heteroatoms. The molecule has 2 aromatic carbocycles. The Morgan fingerprint density at radius 2 is 1.34 bits per heavy atom. The summed E-state index contributed by atoms with van der Waals surface area (Å²) in [5.74, 6) is -0.581. The number of alkyl carbamates (subject to hydrolysis) is 1. The van der Waals surface area contributed by atoms with Crippen LogP contribution in [0.2, 0.25) is 0 Å². The van der Waals surface area contributed by atoms with Crippen LogP contribution < -0.4 is 5.32 Å². The highest BCUT2D eigenvalue weighted by atomic mass is 16.6. The first-order chi connectivity index (χ1) is 13.7. The molecule has 0 spiro atoms. The van der Waals surface area contributed by atoms with E-state index in [1.165, 1.54) is 0 Å². The minimum Gasteiger partial charge on any atom is -0.459 e. The Bertz CT molecular complexity index is 771. The Hall–Kier alpha value is -2.86. The second-order valence-electron chi connectivity index (χ2n) is 7.71. The van der Waals surface area contributed by atoms with Gasteiger partial charge in [0.1, 0.15) is 13.2 Å². The van der Waals surface area contributed by atoms with E-state index >= 15 is 0 Å². The molecular formula is C23H29NO5. The zero-order valence-electron chi connectivity index (χ0n) is 17.4. The van der Waals surface area contributed by atoms with Gasteiger partial charge in [0.15, 0.2) is 6.04 Å². The Balaban J connectivity index is 1.99. The van der Waals surface area contributed by atoms with Gasteiger partial charge in [-0.15, -0.1) is 0 Å². The second kappa shape index (κ2) is 10.6. The molecule has 0 aliphatic carbocycles. The van der Waals surface area contributed by atoms with Crippen LogP contribution in [-0.2, 0) is 32.2 Å². The Labute approximate surface area is 172 Å². The van der Waals surface area contributed by atoms with Gasteiger partial charge in [-0.3, -0.25) is 0 Å². The molecule has 2 atom stereocenters. The largest absolute Gasteiger partial charge is 0.459 e. The third kappa shape index (κ3) is 8.35. The van der Waals surface area contributed by atoms with E-state index in [1.54, 1.807) is 6.92 Å². The van der Waals surface area contributed by atoms with Gasteiger partial charge in [-0.05, 0) is 38.8 Å². The van der Waals surface area contributed by atoms with Crippen LogP contribution in [-0.4, -0.2) is 29.8 Å². The van der Waals surface area contributed by atoms with Gasteiger partial charge in [0.25, 0.3) is 0 Å². The zero-order chi connectivity index (χ0) is 21.3. The van der Waals surface area contributed by atoms with Crippen molar-refractivity contribution in [3.05, 3.63) is 71.8 Å². The number of carbonyl (C=O) groups excluding carboxylic acids is 2. The molecule has 0 radical (unpaired) electrons. The van der Waals surface area contributed by atoms with Crippen LogP contribution in [0.25, 0.3) is 0 Å². The SMILES string of the molecule is C[C@@H](OC(C)(C)C)[C@H](NC(=O)OCc1ccccc1)C(=O)OCc1ccccc1. The standard InChI is InChI=1S/C23H29NO5/c1-17(29-23(2,3)4)20(21(25)27-15-18-11-7-5-8-12-18)24-22(26)28-16-19-13-9-6-10-14-19/h5-14,17,20H,15-16H2,1-4H3,(H,24,26)/t17-,20+/m1/s1. The molecule has 0 fully saturated rings. The number of amides is 1. The van der Waals surface area contributed by atoms with Crippen molar-refractivity contribution >= 4 is 12.1 Å². The summed E-state index contributed by atoms with van der Waals surface area (Å²) in [7, 11) is 0. The maximum Gasteiger partial charge on any atom is 0.408 e. The van der Waals surface area contributed by atoms with Gasteiger partial charge in [-0.25, -0.2) is 9.59 Å². The predicted molar refractivity (Wildman–Crippen MR) is 110 cm³/mol. The number of ether oxygens (including phenoxy) is 3. The lowest BCUT2D eigenvalue weighted by molar-refractivity contribution is -0.154. The molecule has 2 aromatic rings. The summed E-state index contributed by atoms with van der Waals surface area (Å²) in [6.07, 6.45) is -1.32. The number of nitrogens with one attached hydrogen (secondary N) is 1. The Kier molecular flexibility index (Phi) is 8.21. The number of esters is 1. The maximum absolute atomic E-state index is 12.7. The molecule has 1 amide bonds. The summed E-state index contributed by atoms with van der Waals surface area (Å²) >= 11 is 0. The van der Waals surface area contributed by atoms with E-state index in [2.05, 4.69) is 5.32 Å². The molecule has 2 rings (SSSR count). The molecule has 1 N–H and O–H groups in total. The first-order valence-electron chi connectivity index (χ1n) is 9.60. The van der Waals surface area contributed by atoms with Crippen molar-refractivity contribution in [3.8, 4) is 0 Å². The fourth-order valence-corrected chi connectivity index (χ4v) is 2.70. The second-order valence-corrected chi connectivity index (χ2v) is 7.71.